The van der Waals surface area contributed by atoms with E-state index in [0.717, 1.165) is 68.2 Å². The molecule has 29 heavy (non-hydrogen) atoms. The zero-order chi connectivity index (χ0) is 19.8. The normalized spacial score (nSPS) is 14.5. The summed E-state index contributed by atoms with van der Waals surface area (Å²) in [5.41, 5.74) is 1.22. The van der Waals surface area contributed by atoms with Crippen LogP contribution in [-0.2, 0) is 12.8 Å². The van der Waals surface area contributed by atoms with Crippen molar-refractivity contribution >= 4 is 46.6 Å². The molecule has 1 saturated heterocycles. The number of anilines is 1. The lowest BCUT2D eigenvalue weighted by atomic mass is 10.1. The van der Waals surface area contributed by atoms with Gasteiger partial charge < -0.3 is 19.9 Å². The van der Waals surface area contributed by atoms with Gasteiger partial charge in [0.15, 0.2) is 5.96 Å². The first-order chi connectivity index (χ1) is 13.7. The standard InChI is InChI=1S/C20H30N6OS.HI/c1-4-18-23-20(28-24-18)26-14-12-25(13-15-26)19(21-3)22-11-10-16-8-6-7-9-17(16)27-5-2;/h6-9H,4-5,10-15H2,1-3H3,(H,21,22);1H. The van der Waals surface area contributed by atoms with Crippen LogP contribution in [0.1, 0.15) is 25.2 Å². The highest BCUT2D eigenvalue weighted by Crippen LogP contribution is 2.20. The van der Waals surface area contributed by atoms with Crippen molar-refractivity contribution < 1.29 is 4.74 Å². The maximum atomic E-state index is 5.72. The number of nitrogens with zero attached hydrogens (tertiary/aromatic N) is 5. The average molecular weight is 530 g/mol. The minimum Gasteiger partial charge on any atom is -0.494 e. The van der Waals surface area contributed by atoms with Gasteiger partial charge in [0.2, 0.25) is 5.13 Å². The van der Waals surface area contributed by atoms with Crippen molar-refractivity contribution in [3.05, 3.63) is 35.7 Å². The van der Waals surface area contributed by atoms with Crippen molar-refractivity contribution in [3.8, 4) is 5.75 Å². The van der Waals surface area contributed by atoms with Crippen LogP contribution in [0.5, 0.6) is 5.75 Å². The summed E-state index contributed by atoms with van der Waals surface area (Å²) in [5.74, 6) is 2.87. The number of rotatable bonds is 7. The third kappa shape index (κ3) is 6.43. The van der Waals surface area contributed by atoms with Gasteiger partial charge in [-0.1, -0.05) is 25.1 Å². The summed E-state index contributed by atoms with van der Waals surface area (Å²) in [7, 11) is 1.85. The Morgan fingerprint density at radius 1 is 1.21 bits per heavy atom. The van der Waals surface area contributed by atoms with Crippen molar-refractivity contribution in [2.75, 3.05) is 51.3 Å². The monoisotopic (exact) mass is 530 g/mol. The Balaban J connectivity index is 0.00000300. The number of para-hydroxylation sites is 1. The summed E-state index contributed by atoms with van der Waals surface area (Å²) < 4.78 is 10.1. The Morgan fingerprint density at radius 3 is 2.62 bits per heavy atom. The van der Waals surface area contributed by atoms with Gasteiger partial charge in [0.05, 0.1) is 6.61 Å². The summed E-state index contributed by atoms with van der Waals surface area (Å²) in [6, 6.07) is 8.23. The number of piperazine rings is 1. The minimum absolute atomic E-state index is 0. The Labute approximate surface area is 194 Å². The first kappa shape index (κ1) is 23.7. The molecular weight excluding hydrogens is 499 g/mol. The van der Waals surface area contributed by atoms with Crippen LogP contribution in [0.3, 0.4) is 0 Å². The quantitative estimate of drug-likeness (QED) is 0.338. The molecule has 1 aliphatic heterocycles. The SMILES string of the molecule is CCOc1ccccc1CCNC(=NC)N1CCN(c2nc(CC)ns2)CC1.I. The number of hydrogen-bond donors (Lipinski definition) is 1. The van der Waals surface area contributed by atoms with Crippen LogP contribution in [0.4, 0.5) is 5.13 Å². The second-order valence-electron chi connectivity index (χ2n) is 6.59. The first-order valence-corrected chi connectivity index (χ1v) is 10.8. The summed E-state index contributed by atoms with van der Waals surface area (Å²) in [5, 5.41) is 4.54. The third-order valence-electron chi connectivity index (χ3n) is 4.79. The smallest absolute Gasteiger partial charge is 0.205 e. The van der Waals surface area contributed by atoms with Crippen molar-refractivity contribution in [1.82, 2.24) is 19.6 Å². The van der Waals surface area contributed by atoms with Crippen LogP contribution in [-0.4, -0.2) is 66.6 Å². The predicted octanol–water partition coefficient (Wildman–Crippen LogP) is 3.06. The molecular formula is C20H31IN6OS. The van der Waals surface area contributed by atoms with Gasteiger partial charge >= 0.3 is 0 Å². The van der Waals surface area contributed by atoms with Crippen molar-refractivity contribution in [1.29, 1.82) is 0 Å². The molecule has 160 valence electrons. The number of ether oxygens (including phenoxy) is 1. The van der Waals surface area contributed by atoms with Gasteiger partial charge in [-0.15, -0.1) is 24.0 Å². The summed E-state index contributed by atoms with van der Waals surface area (Å²) >= 11 is 1.50. The molecule has 0 saturated carbocycles. The van der Waals surface area contributed by atoms with Crippen LogP contribution >= 0.6 is 35.5 Å². The maximum absolute atomic E-state index is 5.72. The lowest BCUT2D eigenvalue weighted by Crippen LogP contribution is -2.52. The summed E-state index contributed by atoms with van der Waals surface area (Å²) in [4.78, 5) is 13.7. The second kappa shape index (κ2) is 12.2. The number of aryl methyl sites for hydroxylation is 1. The van der Waals surface area contributed by atoms with Crippen LogP contribution < -0.4 is 15.0 Å². The molecule has 9 heteroatoms. The highest BCUT2D eigenvalue weighted by Gasteiger charge is 2.22. The Kier molecular flexibility index (Phi) is 9.92. The number of hydrogen-bond acceptors (Lipinski definition) is 6. The number of guanidine groups is 1. The highest BCUT2D eigenvalue weighted by atomic mass is 127. The topological polar surface area (TPSA) is 65.9 Å². The fraction of sp³-hybridized carbons (Fsp3) is 0.550. The zero-order valence-corrected chi connectivity index (χ0v) is 20.6. The largest absolute Gasteiger partial charge is 0.494 e. The molecule has 0 unspecified atom stereocenters. The fourth-order valence-corrected chi connectivity index (χ4v) is 4.08. The van der Waals surface area contributed by atoms with Gasteiger partial charge in [0.1, 0.15) is 11.6 Å². The Hall–Kier alpha value is -1.62. The van der Waals surface area contributed by atoms with Crippen LogP contribution in [0.25, 0.3) is 0 Å². The van der Waals surface area contributed by atoms with E-state index in [4.69, 9.17) is 4.74 Å². The molecule has 1 fully saturated rings. The van der Waals surface area contributed by atoms with E-state index in [-0.39, 0.29) is 24.0 Å². The molecule has 7 nitrogen and oxygen atoms in total. The molecule has 0 radical (unpaired) electrons. The van der Waals surface area contributed by atoms with E-state index in [1.165, 1.54) is 17.1 Å². The van der Waals surface area contributed by atoms with Crippen molar-refractivity contribution in [2.24, 2.45) is 4.99 Å². The summed E-state index contributed by atoms with van der Waals surface area (Å²) in [6.45, 7) is 9.34. The molecule has 1 aliphatic rings. The molecule has 0 aliphatic carbocycles. The molecule has 0 spiro atoms. The van der Waals surface area contributed by atoms with E-state index < -0.39 is 0 Å². The molecule has 3 rings (SSSR count). The Morgan fingerprint density at radius 2 is 1.97 bits per heavy atom. The van der Waals surface area contributed by atoms with Crippen molar-refractivity contribution in [3.63, 3.8) is 0 Å². The zero-order valence-electron chi connectivity index (χ0n) is 17.4. The predicted molar refractivity (Wildman–Crippen MR) is 131 cm³/mol. The van der Waals surface area contributed by atoms with Crippen LogP contribution in [0.15, 0.2) is 29.3 Å². The summed E-state index contributed by atoms with van der Waals surface area (Å²) in [6.07, 6.45) is 1.79. The number of benzene rings is 1. The van der Waals surface area contributed by atoms with Gasteiger partial charge in [0, 0.05) is 57.7 Å². The van der Waals surface area contributed by atoms with E-state index in [1.54, 1.807) is 0 Å². The van der Waals surface area contributed by atoms with Gasteiger partial charge in [-0.25, -0.2) is 4.98 Å². The number of halogens is 1. The van der Waals surface area contributed by atoms with Gasteiger partial charge in [-0.05, 0) is 25.0 Å². The van der Waals surface area contributed by atoms with E-state index in [1.807, 2.05) is 26.1 Å². The molecule has 0 amide bonds. The second-order valence-corrected chi connectivity index (χ2v) is 7.32. The van der Waals surface area contributed by atoms with E-state index in [2.05, 4.69) is 48.5 Å². The average Bonchev–Trinajstić information content (AvgIpc) is 3.22. The lowest BCUT2D eigenvalue weighted by molar-refractivity contribution is 0.336. The Bertz CT molecular complexity index is 776. The van der Waals surface area contributed by atoms with Crippen molar-refractivity contribution in [2.45, 2.75) is 26.7 Å². The van der Waals surface area contributed by atoms with E-state index >= 15 is 0 Å². The third-order valence-corrected chi connectivity index (χ3v) is 5.60. The molecule has 1 aromatic heterocycles. The maximum Gasteiger partial charge on any atom is 0.205 e. The highest BCUT2D eigenvalue weighted by molar-refractivity contribution is 14.0. The number of aliphatic imine (C=N–C) groups is 1. The number of nitrogens with one attached hydrogen (secondary N) is 1. The van der Waals surface area contributed by atoms with Crippen LogP contribution in [0.2, 0.25) is 0 Å². The lowest BCUT2D eigenvalue weighted by Gasteiger charge is -2.36. The van der Waals surface area contributed by atoms with Gasteiger partial charge in [-0.3, -0.25) is 4.99 Å². The van der Waals surface area contributed by atoms with E-state index in [0.29, 0.717) is 6.61 Å². The molecule has 1 N–H and O–H groups in total. The minimum atomic E-state index is 0. The molecule has 0 bridgehead atoms. The van der Waals surface area contributed by atoms with Gasteiger partial charge in [-0.2, -0.15) is 4.37 Å². The number of aromatic nitrogens is 2. The molecule has 2 heterocycles. The van der Waals surface area contributed by atoms with Crippen LogP contribution in [0, 0.1) is 0 Å². The van der Waals surface area contributed by atoms with E-state index in [9.17, 15) is 0 Å². The molecule has 1 aromatic carbocycles. The first-order valence-electron chi connectivity index (χ1n) is 9.99. The van der Waals surface area contributed by atoms with Gasteiger partial charge in [0.25, 0.3) is 0 Å². The molecule has 2 aromatic rings. The fourth-order valence-electron chi connectivity index (χ4n) is 3.27. The molecule has 0 atom stereocenters.